The number of aliphatic hydroxyl groups excluding tert-OH is 1. The summed E-state index contributed by atoms with van der Waals surface area (Å²) in [6.07, 6.45) is 6.81. The largest absolute Gasteiger partial charge is 0.472 e. The summed E-state index contributed by atoms with van der Waals surface area (Å²) in [6.45, 7) is 6.83. The number of H-pyrrole nitrogens is 1. The predicted octanol–water partition coefficient (Wildman–Crippen LogP) is 1.51. The molecule has 2 rings (SSSR count). The van der Waals surface area contributed by atoms with Crippen molar-refractivity contribution in [2.75, 3.05) is 33.9 Å². The molecule has 0 radical (unpaired) electrons. The van der Waals surface area contributed by atoms with E-state index in [1.165, 1.54) is 22.9 Å². The second kappa shape index (κ2) is 19.0. The third-order valence-electron chi connectivity index (χ3n) is 5.32. The molecule has 214 valence electrons. The lowest BCUT2D eigenvalue weighted by Gasteiger charge is -2.18. The van der Waals surface area contributed by atoms with Crippen molar-refractivity contribution >= 4 is 19.8 Å². The smallest absolute Gasteiger partial charge is 0.400 e. The summed E-state index contributed by atoms with van der Waals surface area (Å²) in [5.74, 6) is -0.444. The van der Waals surface area contributed by atoms with E-state index >= 15 is 0 Å². The Morgan fingerprint density at radius 1 is 1.30 bits per heavy atom. The number of carbonyl (C=O) groups is 1. The van der Waals surface area contributed by atoms with E-state index in [0.717, 1.165) is 39.9 Å². The first kappa shape index (κ1) is 34.9. The standard InChI is InChI=1S/C20H33N4O8P.C2H6.CH4O/c1-14-11-18(32-16(14)13-31-33(28,29)30-2)24-12-15(19(26)23-20(24)27)7-8-17(25)22-10-6-4-3-5-9-21;2*1-2/h7-8,12,14,16,18H,3-6,9-11,13,21H2,1-2H3,(H,22,25)(H,28,29)(H,23,26,27);1-2H3;2H,1H3/b8-7+;;. The summed E-state index contributed by atoms with van der Waals surface area (Å²) in [7, 11) is -2.09. The first-order valence-electron chi connectivity index (χ1n) is 12.3. The number of aliphatic hydroxyl groups is 1. The number of nitrogens with two attached hydrogens (primary N) is 1. The second-order valence-electron chi connectivity index (χ2n) is 7.87. The van der Waals surface area contributed by atoms with Crippen LogP contribution in [-0.4, -0.2) is 65.5 Å². The molecular formula is C23H43N4O9P. The highest BCUT2D eigenvalue weighted by atomic mass is 31.2. The van der Waals surface area contributed by atoms with Gasteiger partial charge in [-0.25, -0.2) is 9.36 Å². The second-order valence-corrected chi connectivity index (χ2v) is 9.43. The summed E-state index contributed by atoms with van der Waals surface area (Å²) in [5, 5.41) is 9.74. The van der Waals surface area contributed by atoms with Crippen LogP contribution in [0, 0.1) is 5.92 Å². The molecule has 1 fully saturated rings. The van der Waals surface area contributed by atoms with Gasteiger partial charge in [0.1, 0.15) is 6.23 Å². The number of unbranched alkanes of at least 4 members (excludes halogenated alkanes) is 3. The Hall–Kier alpha value is -2.12. The number of rotatable bonds is 13. The molecule has 1 aliphatic rings. The third kappa shape index (κ3) is 12.8. The molecule has 1 saturated heterocycles. The molecule has 4 atom stereocenters. The molecule has 2 heterocycles. The Morgan fingerprint density at radius 3 is 2.57 bits per heavy atom. The molecule has 37 heavy (non-hydrogen) atoms. The minimum atomic E-state index is -4.15. The van der Waals surface area contributed by atoms with E-state index < -0.39 is 31.4 Å². The number of hydrogen-bond donors (Lipinski definition) is 5. The van der Waals surface area contributed by atoms with Crippen molar-refractivity contribution in [1.29, 1.82) is 0 Å². The quantitative estimate of drug-likeness (QED) is 0.136. The average Bonchev–Trinajstić information content (AvgIpc) is 3.27. The molecule has 4 unspecified atom stereocenters. The van der Waals surface area contributed by atoms with Gasteiger partial charge in [-0.05, 0) is 37.8 Å². The zero-order valence-electron chi connectivity index (χ0n) is 22.3. The Bertz CT molecular complexity index is 980. The highest BCUT2D eigenvalue weighted by molar-refractivity contribution is 7.47. The number of aromatic nitrogens is 2. The van der Waals surface area contributed by atoms with Crippen molar-refractivity contribution in [2.45, 2.75) is 65.2 Å². The lowest BCUT2D eigenvalue weighted by molar-refractivity contribution is -0.116. The third-order valence-corrected chi connectivity index (χ3v) is 6.26. The molecule has 0 saturated carbocycles. The van der Waals surface area contributed by atoms with E-state index in [9.17, 15) is 23.8 Å². The maximum atomic E-state index is 12.3. The zero-order chi connectivity index (χ0) is 28.4. The normalized spacial score (nSPS) is 20.4. The fourth-order valence-corrected chi connectivity index (χ4v) is 3.80. The van der Waals surface area contributed by atoms with Gasteiger partial charge in [-0.3, -0.25) is 28.2 Å². The van der Waals surface area contributed by atoms with Crippen LogP contribution in [0.5, 0.6) is 0 Å². The number of nitrogens with zero attached hydrogens (tertiary/aromatic N) is 1. The lowest BCUT2D eigenvalue weighted by Crippen LogP contribution is -2.33. The number of aromatic amines is 1. The van der Waals surface area contributed by atoms with E-state index in [1.807, 2.05) is 20.8 Å². The molecule has 1 aromatic heterocycles. The van der Waals surface area contributed by atoms with E-state index in [4.69, 9.17) is 20.1 Å². The van der Waals surface area contributed by atoms with E-state index in [-0.39, 0.29) is 24.0 Å². The summed E-state index contributed by atoms with van der Waals surface area (Å²) >= 11 is 0. The van der Waals surface area contributed by atoms with Crippen LogP contribution in [-0.2, 0) is 23.1 Å². The molecule has 1 aromatic rings. The maximum Gasteiger partial charge on any atom is 0.472 e. The van der Waals surface area contributed by atoms with Gasteiger partial charge < -0.3 is 25.8 Å². The first-order valence-corrected chi connectivity index (χ1v) is 13.8. The topological polar surface area (TPSA) is 195 Å². The highest BCUT2D eigenvalue weighted by Gasteiger charge is 2.36. The van der Waals surface area contributed by atoms with Gasteiger partial charge in [0.15, 0.2) is 0 Å². The van der Waals surface area contributed by atoms with Crippen molar-refractivity contribution in [2.24, 2.45) is 11.7 Å². The van der Waals surface area contributed by atoms with Crippen LogP contribution < -0.4 is 22.3 Å². The van der Waals surface area contributed by atoms with Gasteiger partial charge in [0.2, 0.25) is 5.91 Å². The molecule has 1 amide bonds. The summed E-state index contributed by atoms with van der Waals surface area (Å²) < 4.78 is 27.8. The number of nitrogens with one attached hydrogen (secondary N) is 2. The molecule has 0 bridgehead atoms. The molecule has 14 heteroatoms. The van der Waals surface area contributed by atoms with E-state index in [0.29, 0.717) is 19.5 Å². The number of amides is 1. The van der Waals surface area contributed by atoms with E-state index in [2.05, 4.69) is 14.8 Å². The van der Waals surface area contributed by atoms with Crippen LogP contribution in [0.25, 0.3) is 6.08 Å². The first-order chi connectivity index (χ1) is 17.7. The number of phosphoric ester groups is 1. The van der Waals surface area contributed by atoms with Crippen LogP contribution in [0.3, 0.4) is 0 Å². The summed E-state index contributed by atoms with van der Waals surface area (Å²) in [5.41, 5.74) is 4.26. The van der Waals surface area contributed by atoms with Crippen molar-refractivity contribution in [1.82, 2.24) is 14.9 Å². The van der Waals surface area contributed by atoms with Crippen molar-refractivity contribution in [3.63, 3.8) is 0 Å². The predicted molar refractivity (Wildman–Crippen MR) is 141 cm³/mol. The minimum absolute atomic E-state index is 0.0969. The van der Waals surface area contributed by atoms with Crippen molar-refractivity contribution < 1.29 is 33.1 Å². The highest BCUT2D eigenvalue weighted by Crippen LogP contribution is 2.43. The fraction of sp³-hybridized carbons (Fsp3) is 0.696. The Kier molecular flexibility index (Phi) is 17.9. The molecule has 0 spiro atoms. The van der Waals surface area contributed by atoms with Gasteiger partial charge in [-0.15, -0.1) is 0 Å². The van der Waals surface area contributed by atoms with E-state index in [1.54, 1.807) is 0 Å². The molecule has 0 aromatic carbocycles. The number of hydrogen-bond acceptors (Lipinski definition) is 9. The molecule has 1 aliphatic heterocycles. The van der Waals surface area contributed by atoms with Crippen LogP contribution in [0.2, 0.25) is 0 Å². The van der Waals surface area contributed by atoms with Gasteiger partial charge in [0.05, 0.1) is 18.3 Å². The Morgan fingerprint density at radius 2 is 1.95 bits per heavy atom. The molecule has 0 aliphatic carbocycles. The average molecular weight is 551 g/mol. The Balaban J connectivity index is 0.00000308. The van der Waals surface area contributed by atoms with Gasteiger partial charge in [0, 0.05) is 33.0 Å². The molecule has 6 N–H and O–H groups in total. The van der Waals surface area contributed by atoms with Crippen molar-refractivity contribution in [3.05, 3.63) is 38.7 Å². The van der Waals surface area contributed by atoms with Crippen LogP contribution in [0.4, 0.5) is 0 Å². The SMILES string of the molecule is CC.CO.COP(=O)(O)OCC1OC(n2cc(/C=C/C(=O)NCCCCCCN)c(=O)[nH]c2=O)CC1C. The number of carbonyl (C=O) groups excluding carboxylic acids is 1. The zero-order valence-corrected chi connectivity index (χ0v) is 23.2. The van der Waals surface area contributed by atoms with Gasteiger partial charge in [-0.2, -0.15) is 0 Å². The van der Waals surface area contributed by atoms with Crippen LogP contribution in [0.1, 0.15) is 64.7 Å². The summed E-state index contributed by atoms with van der Waals surface area (Å²) in [4.78, 5) is 48.1. The van der Waals surface area contributed by atoms with Crippen LogP contribution >= 0.6 is 7.82 Å². The van der Waals surface area contributed by atoms with Gasteiger partial charge in [-0.1, -0.05) is 33.6 Å². The lowest BCUT2D eigenvalue weighted by atomic mass is 10.0. The Labute approximate surface area is 217 Å². The maximum absolute atomic E-state index is 12.3. The fourth-order valence-electron chi connectivity index (χ4n) is 3.36. The summed E-state index contributed by atoms with van der Waals surface area (Å²) in [6, 6.07) is 0. The number of phosphoric acid groups is 1. The van der Waals surface area contributed by atoms with Gasteiger partial charge in [0.25, 0.3) is 5.56 Å². The molecule has 13 nitrogen and oxygen atoms in total. The van der Waals surface area contributed by atoms with Crippen molar-refractivity contribution in [3.8, 4) is 0 Å². The minimum Gasteiger partial charge on any atom is -0.400 e. The number of ether oxygens (including phenoxy) is 1. The molecular weight excluding hydrogens is 507 g/mol. The monoisotopic (exact) mass is 550 g/mol. The van der Waals surface area contributed by atoms with Crippen LogP contribution in [0.15, 0.2) is 21.9 Å². The van der Waals surface area contributed by atoms with Gasteiger partial charge >= 0.3 is 13.5 Å².